The molecule has 0 bridgehead atoms. The van der Waals surface area contributed by atoms with E-state index in [0.29, 0.717) is 0 Å². The summed E-state index contributed by atoms with van der Waals surface area (Å²) in [7, 11) is 0. The van der Waals surface area contributed by atoms with Gasteiger partial charge in [0.25, 0.3) is 5.91 Å². The number of rotatable bonds is 2. The van der Waals surface area contributed by atoms with Crippen LogP contribution in [0.5, 0.6) is 0 Å². The molecule has 2 heterocycles. The molecule has 1 saturated heterocycles. The summed E-state index contributed by atoms with van der Waals surface area (Å²) in [6.07, 6.45) is 12.9. The van der Waals surface area contributed by atoms with Crippen molar-refractivity contribution >= 4 is 18.2 Å². The first kappa shape index (κ1) is 16.1. The molecule has 23 heavy (non-hydrogen) atoms. The second-order valence-electron chi connectivity index (χ2n) is 4.65. The number of amides is 3. The molecule has 0 aromatic heterocycles. The van der Waals surface area contributed by atoms with E-state index in [1.807, 2.05) is 12.2 Å². The average Bonchev–Trinajstić information content (AvgIpc) is 2.75. The third-order valence-electron chi connectivity index (χ3n) is 2.99. The van der Waals surface area contributed by atoms with Gasteiger partial charge in [0.2, 0.25) is 0 Å². The fraction of sp³-hybridized carbons (Fsp3) is 0.167. The predicted molar refractivity (Wildman–Crippen MR) is 89.2 cm³/mol. The summed E-state index contributed by atoms with van der Waals surface area (Å²) in [5.41, 5.74) is 0.825. The Balaban J connectivity index is 1.95. The van der Waals surface area contributed by atoms with Gasteiger partial charge in [0.1, 0.15) is 6.04 Å². The maximum absolute atomic E-state index is 11.5. The van der Waals surface area contributed by atoms with Gasteiger partial charge >= 0.3 is 6.03 Å². The summed E-state index contributed by atoms with van der Waals surface area (Å²) in [4.78, 5) is 26.7. The Bertz CT molecular complexity index is 749. The van der Waals surface area contributed by atoms with Crippen molar-refractivity contribution in [1.29, 1.82) is 0 Å². The zero-order valence-corrected chi connectivity index (χ0v) is 12.4. The van der Waals surface area contributed by atoms with Crippen molar-refractivity contribution < 1.29 is 9.59 Å². The summed E-state index contributed by atoms with van der Waals surface area (Å²) >= 11 is 0. The van der Waals surface area contributed by atoms with Gasteiger partial charge in [-0.05, 0) is 18.2 Å². The fourth-order valence-electron chi connectivity index (χ4n) is 1.88. The molecule has 114 valence electrons. The first-order valence-corrected chi connectivity index (χ1v) is 7.00. The molecule has 0 aromatic carbocycles. The second-order valence-corrected chi connectivity index (χ2v) is 4.65. The minimum Gasteiger partial charge on any atom is -0.324 e. The smallest absolute Gasteiger partial charge is 0.322 e. The van der Waals surface area contributed by atoms with E-state index in [1.54, 1.807) is 24.6 Å². The zero-order valence-electron chi connectivity index (χ0n) is 12.4. The van der Waals surface area contributed by atoms with Gasteiger partial charge in [-0.1, -0.05) is 35.8 Å². The number of aliphatic imine (C=N–C) groups is 1. The van der Waals surface area contributed by atoms with Crippen molar-refractivity contribution in [2.24, 2.45) is 10.9 Å². The van der Waals surface area contributed by atoms with Crippen LogP contribution in [0.1, 0.15) is 6.42 Å². The normalized spacial score (nSPS) is 20.3. The number of imide groups is 1. The third-order valence-corrected chi connectivity index (χ3v) is 2.99. The van der Waals surface area contributed by atoms with Gasteiger partial charge in [0, 0.05) is 24.4 Å². The molecule has 0 saturated carbocycles. The van der Waals surface area contributed by atoms with Gasteiger partial charge in [-0.3, -0.25) is 15.1 Å². The molecule has 0 spiro atoms. The monoisotopic (exact) mass is 305 g/mol. The van der Waals surface area contributed by atoms with Crippen LogP contribution >= 0.6 is 0 Å². The molecule has 5 heteroatoms. The molecule has 0 radical (unpaired) electrons. The van der Waals surface area contributed by atoms with Crippen molar-refractivity contribution in [1.82, 2.24) is 10.6 Å². The van der Waals surface area contributed by atoms with E-state index < -0.39 is 23.9 Å². The van der Waals surface area contributed by atoms with E-state index in [1.165, 1.54) is 6.08 Å². The molecule has 2 aliphatic heterocycles. The highest BCUT2D eigenvalue weighted by atomic mass is 16.2. The SMILES string of the molecule is C=CC(C#C/C=C/C#CC1=CN=CCC=C1)C1NC(=O)NC1=O. The molecule has 2 atom stereocenters. The number of carbonyl (C=O) groups excluding carboxylic acids is 2. The van der Waals surface area contributed by atoms with Crippen LogP contribution in [0.3, 0.4) is 0 Å². The highest BCUT2D eigenvalue weighted by Crippen LogP contribution is 2.08. The van der Waals surface area contributed by atoms with Crippen molar-refractivity contribution in [2.45, 2.75) is 12.5 Å². The molecule has 5 nitrogen and oxygen atoms in total. The number of allylic oxidation sites excluding steroid dienone is 5. The van der Waals surface area contributed by atoms with E-state index in [4.69, 9.17) is 0 Å². The zero-order chi connectivity index (χ0) is 16.5. The summed E-state index contributed by atoms with van der Waals surface area (Å²) in [6, 6.07) is -1.21. The maximum atomic E-state index is 11.5. The van der Waals surface area contributed by atoms with Crippen LogP contribution in [0, 0.1) is 29.6 Å². The molecule has 1 fully saturated rings. The third kappa shape index (κ3) is 4.87. The summed E-state index contributed by atoms with van der Waals surface area (Å²) in [5, 5.41) is 4.67. The first-order valence-electron chi connectivity index (χ1n) is 7.00. The van der Waals surface area contributed by atoms with E-state index in [0.717, 1.165) is 12.0 Å². The summed E-state index contributed by atoms with van der Waals surface area (Å²) in [5.74, 6) is 10.6. The van der Waals surface area contributed by atoms with Gasteiger partial charge in [-0.15, -0.1) is 6.58 Å². The predicted octanol–water partition coefficient (Wildman–Crippen LogP) is 1.47. The lowest BCUT2D eigenvalue weighted by Gasteiger charge is -2.10. The van der Waals surface area contributed by atoms with Crippen LogP contribution in [0.4, 0.5) is 4.79 Å². The number of hydrogen-bond donors (Lipinski definition) is 2. The van der Waals surface area contributed by atoms with Crippen LogP contribution in [-0.2, 0) is 4.79 Å². The van der Waals surface area contributed by atoms with E-state index in [2.05, 4.69) is 45.9 Å². The van der Waals surface area contributed by atoms with Gasteiger partial charge < -0.3 is 5.32 Å². The number of hydrogen-bond acceptors (Lipinski definition) is 3. The molecule has 0 aliphatic carbocycles. The minimum absolute atomic E-state index is 0.398. The lowest BCUT2D eigenvalue weighted by molar-refractivity contribution is -0.120. The van der Waals surface area contributed by atoms with Crippen LogP contribution in [0.25, 0.3) is 0 Å². The standard InChI is InChI=1S/C18H15N3O2/c1-2-15(16-17(22)21-18(23)20-16)11-6-4-3-5-9-14-10-7-8-12-19-13-14/h2-4,7,10,12-13,15-16H,1,8H2,(H2,20,21,22,23)/b4-3+. The first-order chi connectivity index (χ1) is 11.2. The van der Waals surface area contributed by atoms with E-state index in [9.17, 15) is 9.59 Å². The molecule has 2 aliphatic rings. The Morgan fingerprint density at radius 2 is 2.17 bits per heavy atom. The number of urea groups is 1. The van der Waals surface area contributed by atoms with Crippen LogP contribution < -0.4 is 10.6 Å². The van der Waals surface area contributed by atoms with Crippen molar-refractivity contribution in [3.05, 3.63) is 48.7 Å². The quantitative estimate of drug-likeness (QED) is 0.461. The van der Waals surface area contributed by atoms with Gasteiger partial charge in [-0.25, -0.2) is 4.79 Å². The highest BCUT2D eigenvalue weighted by Gasteiger charge is 2.33. The molecule has 2 N–H and O–H groups in total. The molecular weight excluding hydrogens is 290 g/mol. The molecule has 2 unspecified atom stereocenters. The Hall–Kier alpha value is -3.31. The Morgan fingerprint density at radius 1 is 1.35 bits per heavy atom. The van der Waals surface area contributed by atoms with Crippen molar-refractivity contribution in [3.63, 3.8) is 0 Å². The summed E-state index contributed by atoms with van der Waals surface area (Å²) in [6.45, 7) is 3.64. The maximum Gasteiger partial charge on any atom is 0.322 e. The van der Waals surface area contributed by atoms with Crippen molar-refractivity contribution in [3.8, 4) is 23.7 Å². The number of carbonyl (C=O) groups is 2. The number of nitrogens with one attached hydrogen (secondary N) is 2. The molecule has 3 amide bonds. The van der Waals surface area contributed by atoms with E-state index >= 15 is 0 Å². The van der Waals surface area contributed by atoms with Gasteiger partial charge in [0.15, 0.2) is 0 Å². The molecular formula is C18H15N3O2. The Morgan fingerprint density at radius 3 is 2.91 bits per heavy atom. The van der Waals surface area contributed by atoms with Crippen LogP contribution in [0.2, 0.25) is 0 Å². The average molecular weight is 305 g/mol. The Kier molecular flexibility index (Phi) is 5.74. The second kappa shape index (κ2) is 8.21. The van der Waals surface area contributed by atoms with Gasteiger partial charge in [0.05, 0.1) is 5.92 Å². The molecule has 2 rings (SSSR count). The lowest BCUT2D eigenvalue weighted by Crippen LogP contribution is -2.35. The topological polar surface area (TPSA) is 70.6 Å². The van der Waals surface area contributed by atoms with Crippen LogP contribution in [0.15, 0.2) is 53.7 Å². The van der Waals surface area contributed by atoms with E-state index in [-0.39, 0.29) is 0 Å². The molecule has 0 aromatic rings. The summed E-state index contributed by atoms with van der Waals surface area (Å²) < 4.78 is 0. The largest absolute Gasteiger partial charge is 0.324 e. The lowest BCUT2D eigenvalue weighted by atomic mass is 10.0. The van der Waals surface area contributed by atoms with Crippen LogP contribution in [-0.4, -0.2) is 24.2 Å². The number of nitrogens with zero attached hydrogens (tertiary/aromatic N) is 1. The highest BCUT2D eigenvalue weighted by molar-refractivity contribution is 6.04. The fourth-order valence-corrected chi connectivity index (χ4v) is 1.88. The van der Waals surface area contributed by atoms with Crippen molar-refractivity contribution in [2.75, 3.05) is 0 Å². The minimum atomic E-state index is -0.703. The Labute approximate surface area is 134 Å². The van der Waals surface area contributed by atoms with Gasteiger partial charge in [-0.2, -0.15) is 0 Å².